The molecule has 3 aromatic carbocycles. The van der Waals surface area contributed by atoms with E-state index in [1.807, 2.05) is 78.9 Å². The molecule has 158 valence electrons. The summed E-state index contributed by atoms with van der Waals surface area (Å²) in [6, 6.07) is 25.6. The van der Waals surface area contributed by atoms with Gasteiger partial charge < -0.3 is 19.7 Å². The van der Waals surface area contributed by atoms with Gasteiger partial charge in [0.25, 0.3) is 0 Å². The number of carbonyl (C=O) groups excluding carboxylic acids is 1. The summed E-state index contributed by atoms with van der Waals surface area (Å²) in [4.78, 5) is 14.5. The number of benzene rings is 3. The van der Waals surface area contributed by atoms with Gasteiger partial charge in [0.05, 0.1) is 13.2 Å². The maximum atomic E-state index is 12.2. The monoisotopic (exact) mass is 414 g/mol. The second-order valence-corrected chi connectivity index (χ2v) is 7.31. The molecular formula is C26H26N2O3. The van der Waals surface area contributed by atoms with Crippen LogP contribution < -0.4 is 15.0 Å². The van der Waals surface area contributed by atoms with Gasteiger partial charge >= 0.3 is 0 Å². The van der Waals surface area contributed by atoms with Crippen LogP contribution in [0.1, 0.15) is 11.1 Å². The van der Waals surface area contributed by atoms with E-state index in [1.165, 1.54) is 6.08 Å². The number of ether oxygens (including phenoxy) is 2. The summed E-state index contributed by atoms with van der Waals surface area (Å²) in [5.74, 6) is 0.634. The summed E-state index contributed by atoms with van der Waals surface area (Å²) in [5.41, 5.74) is 3.98. The molecule has 0 unspecified atom stereocenters. The molecule has 0 radical (unpaired) electrons. The summed E-state index contributed by atoms with van der Waals surface area (Å²) in [6.45, 7) is 3.82. The van der Waals surface area contributed by atoms with Crippen LogP contribution in [0.2, 0.25) is 0 Å². The van der Waals surface area contributed by atoms with Gasteiger partial charge in [-0.25, -0.2) is 0 Å². The summed E-state index contributed by atoms with van der Waals surface area (Å²) < 4.78 is 11.2. The normalized spacial score (nSPS) is 13.9. The van der Waals surface area contributed by atoms with Crippen molar-refractivity contribution in [2.45, 2.75) is 6.61 Å². The Balaban J connectivity index is 1.26. The molecule has 0 aromatic heterocycles. The van der Waals surface area contributed by atoms with Crippen LogP contribution in [0.4, 0.5) is 11.4 Å². The number of rotatable bonds is 7. The lowest BCUT2D eigenvalue weighted by Gasteiger charge is -2.28. The Morgan fingerprint density at radius 2 is 1.65 bits per heavy atom. The number of hydrogen-bond donors (Lipinski definition) is 1. The Hall–Kier alpha value is -3.57. The molecule has 31 heavy (non-hydrogen) atoms. The molecule has 5 heteroatoms. The van der Waals surface area contributed by atoms with Gasteiger partial charge in [-0.15, -0.1) is 0 Å². The van der Waals surface area contributed by atoms with Crippen LogP contribution in [0.15, 0.2) is 84.9 Å². The maximum absolute atomic E-state index is 12.2. The van der Waals surface area contributed by atoms with E-state index < -0.39 is 0 Å². The predicted octanol–water partition coefficient (Wildman–Crippen LogP) is 4.75. The smallest absolute Gasteiger partial charge is 0.248 e. The molecule has 1 aliphatic rings. The molecular weight excluding hydrogens is 388 g/mol. The fourth-order valence-electron chi connectivity index (χ4n) is 3.35. The van der Waals surface area contributed by atoms with Gasteiger partial charge in [-0.1, -0.05) is 42.5 Å². The van der Waals surface area contributed by atoms with E-state index in [-0.39, 0.29) is 5.91 Å². The fourth-order valence-corrected chi connectivity index (χ4v) is 3.35. The number of hydrogen-bond acceptors (Lipinski definition) is 4. The molecule has 1 heterocycles. The van der Waals surface area contributed by atoms with Crippen molar-refractivity contribution in [1.29, 1.82) is 0 Å². The van der Waals surface area contributed by atoms with Crippen molar-refractivity contribution in [3.8, 4) is 5.75 Å². The van der Waals surface area contributed by atoms with Crippen molar-refractivity contribution in [3.05, 3.63) is 96.1 Å². The highest BCUT2D eigenvalue weighted by Gasteiger charge is 2.10. The van der Waals surface area contributed by atoms with E-state index >= 15 is 0 Å². The zero-order chi connectivity index (χ0) is 21.3. The third kappa shape index (κ3) is 6.20. The molecule has 1 N–H and O–H groups in total. The minimum absolute atomic E-state index is 0.163. The summed E-state index contributed by atoms with van der Waals surface area (Å²) in [5, 5.41) is 2.90. The molecule has 0 bridgehead atoms. The molecule has 0 aliphatic carbocycles. The second-order valence-electron chi connectivity index (χ2n) is 7.31. The maximum Gasteiger partial charge on any atom is 0.248 e. The number of carbonyl (C=O) groups is 1. The van der Waals surface area contributed by atoms with Gasteiger partial charge in [0.15, 0.2) is 0 Å². The molecule has 1 aliphatic heterocycles. The lowest BCUT2D eigenvalue weighted by Crippen LogP contribution is -2.36. The topological polar surface area (TPSA) is 50.8 Å². The highest BCUT2D eigenvalue weighted by atomic mass is 16.5. The molecule has 0 atom stereocenters. The lowest BCUT2D eigenvalue weighted by molar-refractivity contribution is -0.111. The van der Waals surface area contributed by atoms with Crippen molar-refractivity contribution in [2.75, 3.05) is 36.5 Å². The minimum atomic E-state index is -0.163. The van der Waals surface area contributed by atoms with E-state index in [0.717, 1.165) is 54.6 Å². The van der Waals surface area contributed by atoms with Crippen molar-refractivity contribution < 1.29 is 14.3 Å². The van der Waals surface area contributed by atoms with Crippen LogP contribution in [0.25, 0.3) is 6.08 Å². The second kappa shape index (κ2) is 10.5. The highest BCUT2D eigenvalue weighted by molar-refractivity contribution is 6.02. The highest BCUT2D eigenvalue weighted by Crippen LogP contribution is 2.19. The summed E-state index contributed by atoms with van der Waals surface area (Å²) >= 11 is 0. The summed E-state index contributed by atoms with van der Waals surface area (Å²) in [6.07, 6.45) is 3.33. The SMILES string of the molecule is O=C(/C=C/c1ccc(OCc2ccccc2)cc1)Nc1ccc(N2CCOCC2)cc1. The van der Waals surface area contributed by atoms with E-state index in [2.05, 4.69) is 10.2 Å². The van der Waals surface area contributed by atoms with Crippen LogP contribution in [0, 0.1) is 0 Å². The molecule has 1 fully saturated rings. The Morgan fingerprint density at radius 1 is 0.935 bits per heavy atom. The number of amides is 1. The van der Waals surface area contributed by atoms with E-state index in [1.54, 1.807) is 6.08 Å². The first-order valence-electron chi connectivity index (χ1n) is 10.4. The fraction of sp³-hybridized carbons (Fsp3) is 0.192. The van der Waals surface area contributed by atoms with Crippen molar-refractivity contribution in [1.82, 2.24) is 0 Å². The molecule has 1 amide bonds. The first kappa shape index (κ1) is 20.7. The van der Waals surface area contributed by atoms with Crippen LogP contribution in [0.5, 0.6) is 5.75 Å². The van der Waals surface area contributed by atoms with Crippen LogP contribution in [-0.2, 0) is 16.1 Å². The third-order valence-corrected chi connectivity index (χ3v) is 5.07. The van der Waals surface area contributed by atoms with Crippen molar-refractivity contribution >= 4 is 23.4 Å². The Morgan fingerprint density at radius 3 is 2.35 bits per heavy atom. The van der Waals surface area contributed by atoms with Gasteiger partial charge in [0.1, 0.15) is 12.4 Å². The van der Waals surface area contributed by atoms with Crippen molar-refractivity contribution in [2.24, 2.45) is 0 Å². The van der Waals surface area contributed by atoms with E-state index in [0.29, 0.717) is 6.61 Å². The van der Waals surface area contributed by atoms with Crippen molar-refractivity contribution in [3.63, 3.8) is 0 Å². The van der Waals surface area contributed by atoms with Gasteiger partial charge in [-0.3, -0.25) is 4.79 Å². The lowest BCUT2D eigenvalue weighted by atomic mass is 10.2. The number of anilines is 2. The quantitative estimate of drug-likeness (QED) is 0.567. The molecule has 1 saturated heterocycles. The zero-order valence-electron chi connectivity index (χ0n) is 17.4. The first-order valence-corrected chi connectivity index (χ1v) is 10.4. The van der Waals surface area contributed by atoms with Crippen LogP contribution in [-0.4, -0.2) is 32.2 Å². The number of nitrogens with one attached hydrogen (secondary N) is 1. The standard InChI is InChI=1S/C26H26N2O3/c29-26(27-23-9-11-24(12-10-23)28-16-18-30-19-17-28)15-8-21-6-13-25(14-7-21)31-20-22-4-2-1-3-5-22/h1-15H,16-20H2,(H,27,29)/b15-8+. The largest absolute Gasteiger partial charge is 0.489 e. The summed E-state index contributed by atoms with van der Waals surface area (Å²) in [7, 11) is 0. The number of morpholine rings is 1. The predicted molar refractivity (Wildman–Crippen MR) is 124 cm³/mol. The Bertz CT molecular complexity index is 993. The molecule has 4 rings (SSSR count). The Kier molecular flexibility index (Phi) is 6.98. The van der Waals surface area contributed by atoms with Gasteiger partial charge in [-0.2, -0.15) is 0 Å². The average Bonchev–Trinajstić information content (AvgIpc) is 2.84. The Labute approximate surface area is 182 Å². The van der Waals surface area contributed by atoms with Gasteiger partial charge in [0.2, 0.25) is 5.91 Å². The van der Waals surface area contributed by atoms with Crippen LogP contribution >= 0.6 is 0 Å². The minimum Gasteiger partial charge on any atom is -0.489 e. The zero-order valence-corrected chi connectivity index (χ0v) is 17.4. The number of nitrogens with zero attached hydrogens (tertiary/aromatic N) is 1. The molecule has 0 saturated carbocycles. The molecule has 3 aromatic rings. The molecule has 5 nitrogen and oxygen atoms in total. The van der Waals surface area contributed by atoms with E-state index in [9.17, 15) is 4.79 Å². The van der Waals surface area contributed by atoms with Gasteiger partial charge in [0, 0.05) is 30.5 Å². The molecule has 0 spiro atoms. The third-order valence-electron chi connectivity index (χ3n) is 5.07. The first-order chi connectivity index (χ1) is 15.3. The van der Waals surface area contributed by atoms with E-state index in [4.69, 9.17) is 9.47 Å². The average molecular weight is 415 g/mol. The van der Waals surface area contributed by atoms with Gasteiger partial charge in [-0.05, 0) is 53.6 Å². The van der Waals surface area contributed by atoms with Crippen LogP contribution in [0.3, 0.4) is 0 Å².